The third-order valence-electron chi connectivity index (χ3n) is 7.47. The van der Waals surface area contributed by atoms with Crippen molar-refractivity contribution in [3.8, 4) is 34.7 Å². The summed E-state index contributed by atoms with van der Waals surface area (Å²) < 4.78 is 16.6. The number of nitriles is 1. The summed E-state index contributed by atoms with van der Waals surface area (Å²) in [6, 6.07) is 13.6. The number of carbonyl (C=O) groups is 2. The van der Waals surface area contributed by atoms with Crippen molar-refractivity contribution in [2.45, 2.75) is 71.0 Å². The fourth-order valence-electron chi connectivity index (χ4n) is 5.70. The van der Waals surface area contributed by atoms with E-state index in [1.54, 1.807) is 32.9 Å². The molecule has 41 heavy (non-hydrogen) atoms. The standard InChI is InChI=1S/C31H35N5O5/c1-19(2)39-25-10-9-20(15-21(25)16-32)28-34-27(35-41-28)23-7-6-8-24-22(23)11-12-31(24)13-14-36(18-31)26(37)17-33-29(38)40-30(3,4)5/h6-10,15,19H,11-14,17-18H2,1-5H3,(H,33,38). The first-order valence-electron chi connectivity index (χ1n) is 13.9. The Kier molecular flexibility index (Phi) is 7.47. The number of ether oxygens (including phenoxy) is 2. The lowest BCUT2D eigenvalue weighted by Gasteiger charge is -2.26. The Morgan fingerprint density at radius 1 is 1.22 bits per heavy atom. The summed E-state index contributed by atoms with van der Waals surface area (Å²) in [5, 5.41) is 16.4. The van der Waals surface area contributed by atoms with Gasteiger partial charge in [-0.05, 0) is 83.2 Å². The number of nitrogens with one attached hydrogen (secondary N) is 1. The molecule has 1 fully saturated rings. The Balaban J connectivity index is 1.32. The Morgan fingerprint density at radius 2 is 2.02 bits per heavy atom. The summed E-state index contributed by atoms with van der Waals surface area (Å²) in [4.78, 5) is 31.4. The molecule has 5 rings (SSSR count). The van der Waals surface area contributed by atoms with Gasteiger partial charge in [-0.3, -0.25) is 4.79 Å². The maximum absolute atomic E-state index is 12.9. The number of benzene rings is 2. The van der Waals surface area contributed by atoms with Gasteiger partial charge in [0.2, 0.25) is 11.7 Å². The molecule has 1 unspecified atom stereocenters. The van der Waals surface area contributed by atoms with Crippen molar-refractivity contribution in [3.05, 3.63) is 53.1 Å². The monoisotopic (exact) mass is 557 g/mol. The van der Waals surface area contributed by atoms with Crippen LogP contribution in [-0.2, 0) is 21.4 Å². The minimum atomic E-state index is -0.623. The largest absolute Gasteiger partial charge is 0.490 e. The third kappa shape index (κ3) is 5.89. The molecular formula is C31H35N5O5. The van der Waals surface area contributed by atoms with Crippen LogP contribution in [0.4, 0.5) is 4.79 Å². The van der Waals surface area contributed by atoms with E-state index in [0.717, 1.165) is 24.8 Å². The van der Waals surface area contributed by atoms with Crippen molar-refractivity contribution in [1.29, 1.82) is 5.26 Å². The predicted octanol–water partition coefficient (Wildman–Crippen LogP) is 5.00. The van der Waals surface area contributed by atoms with Gasteiger partial charge in [0, 0.05) is 29.6 Å². The quantitative estimate of drug-likeness (QED) is 0.448. The molecule has 0 bridgehead atoms. The summed E-state index contributed by atoms with van der Waals surface area (Å²) in [5.74, 6) is 1.21. The molecule has 2 heterocycles. The van der Waals surface area contributed by atoms with Gasteiger partial charge in [0.05, 0.1) is 11.7 Å². The molecule has 1 spiro atoms. The summed E-state index contributed by atoms with van der Waals surface area (Å²) in [7, 11) is 0. The van der Waals surface area contributed by atoms with Crippen molar-refractivity contribution in [2.24, 2.45) is 0 Å². The van der Waals surface area contributed by atoms with Crippen molar-refractivity contribution in [3.63, 3.8) is 0 Å². The van der Waals surface area contributed by atoms with Crippen LogP contribution in [0.1, 0.15) is 64.2 Å². The summed E-state index contributed by atoms with van der Waals surface area (Å²) in [6.45, 7) is 10.3. The lowest BCUT2D eigenvalue weighted by molar-refractivity contribution is -0.129. The second kappa shape index (κ2) is 10.9. The average molecular weight is 558 g/mol. The van der Waals surface area contributed by atoms with Gasteiger partial charge in [0.25, 0.3) is 5.89 Å². The highest BCUT2D eigenvalue weighted by Crippen LogP contribution is 2.48. The molecule has 2 aliphatic rings. The van der Waals surface area contributed by atoms with Gasteiger partial charge in [0.1, 0.15) is 24.0 Å². The van der Waals surface area contributed by atoms with Crippen LogP contribution >= 0.6 is 0 Å². The molecule has 1 aliphatic carbocycles. The molecule has 1 aromatic heterocycles. The van der Waals surface area contributed by atoms with Gasteiger partial charge in [0.15, 0.2) is 0 Å². The van der Waals surface area contributed by atoms with E-state index in [4.69, 9.17) is 14.0 Å². The minimum Gasteiger partial charge on any atom is -0.490 e. The Bertz CT molecular complexity index is 1520. The van der Waals surface area contributed by atoms with Crippen LogP contribution in [0, 0.1) is 11.3 Å². The van der Waals surface area contributed by atoms with Crippen LogP contribution in [0.15, 0.2) is 40.9 Å². The Labute approximate surface area is 239 Å². The molecule has 10 heteroatoms. The lowest BCUT2D eigenvalue weighted by atomic mass is 9.81. The average Bonchev–Trinajstić information content (AvgIpc) is 3.66. The number of carbonyl (C=O) groups excluding carboxylic acids is 2. The molecule has 214 valence electrons. The van der Waals surface area contributed by atoms with Crippen LogP contribution in [0.3, 0.4) is 0 Å². The zero-order chi connectivity index (χ0) is 29.4. The molecule has 1 N–H and O–H groups in total. The van der Waals surface area contributed by atoms with E-state index in [-0.39, 0.29) is 24.0 Å². The molecule has 3 aromatic rings. The fourth-order valence-corrected chi connectivity index (χ4v) is 5.70. The van der Waals surface area contributed by atoms with Crippen molar-refractivity contribution < 1.29 is 23.6 Å². The zero-order valence-corrected chi connectivity index (χ0v) is 24.1. The molecule has 2 aromatic carbocycles. The van der Waals surface area contributed by atoms with Crippen LogP contribution in [0.2, 0.25) is 0 Å². The van der Waals surface area contributed by atoms with Crippen LogP contribution < -0.4 is 10.1 Å². The highest BCUT2D eigenvalue weighted by molar-refractivity contribution is 5.83. The number of amides is 2. The highest BCUT2D eigenvalue weighted by atomic mass is 16.6. The molecule has 1 atom stereocenters. The van der Waals surface area contributed by atoms with E-state index in [1.165, 1.54) is 11.1 Å². The molecule has 10 nitrogen and oxygen atoms in total. The SMILES string of the molecule is CC(C)Oc1ccc(-c2nc(-c3cccc4c3CCC43CCN(C(=O)CNC(=O)OC(C)(C)C)C3)no2)cc1C#N. The molecule has 1 saturated heterocycles. The molecular weight excluding hydrogens is 522 g/mol. The topological polar surface area (TPSA) is 131 Å². The number of hydrogen-bond acceptors (Lipinski definition) is 8. The number of hydrogen-bond donors (Lipinski definition) is 1. The first-order valence-corrected chi connectivity index (χ1v) is 13.9. The molecule has 2 amide bonds. The summed E-state index contributed by atoms with van der Waals surface area (Å²) in [6.07, 6.45) is 1.95. The molecule has 1 aliphatic heterocycles. The van der Waals surface area contributed by atoms with Crippen molar-refractivity contribution >= 4 is 12.0 Å². The zero-order valence-electron chi connectivity index (χ0n) is 24.1. The number of alkyl carbamates (subject to hydrolysis) is 1. The summed E-state index contributed by atoms with van der Waals surface area (Å²) >= 11 is 0. The normalized spacial score (nSPS) is 17.9. The van der Waals surface area contributed by atoms with E-state index < -0.39 is 11.7 Å². The summed E-state index contributed by atoms with van der Waals surface area (Å²) in [5.41, 5.74) is 3.56. The smallest absolute Gasteiger partial charge is 0.408 e. The van der Waals surface area contributed by atoms with E-state index in [1.807, 2.05) is 36.9 Å². The lowest BCUT2D eigenvalue weighted by Crippen LogP contribution is -2.42. The van der Waals surface area contributed by atoms with Gasteiger partial charge >= 0.3 is 6.09 Å². The number of nitrogens with zero attached hydrogens (tertiary/aromatic N) is 4. The van der Waals surface area contributed by atoms with Crippen molar-refractivity contribution in [1.82, 2.24) is 20.4 Å². The third-order valence-corrected chi connectivity index (χ3v) is 7.47. The minimum absolute atomic E-state index is 0.0506. The fraction of sp³-hybridized carbons (Fsp3) is 0.452. The van der Waals surface area contributed by atoms with Gasteiger partial charge < -0.3 is 24.2 Å². The van der Waals surface area contributed by atoms with E-state index >= 15 is 0 Å². The number of fused-ring (bicyclic) bond motifs is 2. The maximum atomic E-state index is 12.9. The van der Waals surface area contributed by atoms with E-state index in [0.29, 0.717) is 41.7 Å². The number of likely N-dealkylation sites (tertiary alicyclic amines) is 1. The predicted molar refractivity (Wildman–Crippen MR) is 151 cm³/mol. The second-order valence-corrected chi connectivity index (χ2v) is 11.9. The first kappa shape index (κ1) is 28.1. The van der Waals surface area contributed by atoms with Crippen LogP contribution in [-0.4, -0.2) is 58.4 Å². The first-order chi connectivity index (χ1) is 19.5. The Morgan fingerprint density at radius 3 is 2.76 bits per heavy atom. The van der Waals surface area contributed by atoms with Gasteiger partial charge in [-0.25, -0.2) is 4.79 Å². The Hall–Kier alpha value is -4.39. The molecule has 0 radical (unpaired) electrons. The van der Waals surface area contributed by atoms with E-state index in [9.17, 15) is 14.9 Å². The van der Waals surface area contributed by atoms with Gasteiger partial charge in [-0.1, -0.05) is 23.4 Å². The van der Waals surface area contributed by atoms with Crippen LogP contribution in [0.5, 0.6) is 5.75 Å². The van der Waals surface area contributed by atoms with Gasteiger partial charge in [-0.2, -0.15) is 10.2 Å². The number of rotatable bonds is 6. The second-order valence-electron chi connectivity index (χ2n) is 11.9. The van der Waals surface area contributed by atoms with Crippen molar-refractivity contribution in [2.75, 3.05) is 19.6 Å². The maximum Gasteiger partial charge on any atom is 0.408 e. The number of aromatic nitrogens is 2. The van der Waals surface area contributed by atoms with Gasteiger partial charge in [-0.15, -0.1) is 0 Å². The van der Waals surface area contributed by atoms with E-state index in [2.05, 4.69) is 27.6 Å². The highest BCUT2D eigenvalue weighted by Gasteiger charge is 2.46. The molecule has 0 saturated carbocycles. The van der Waals surface area contributed by atoms with Crippen LogP contribution in [0.25, 0.3) is 22.8 Å².